The number of nitriles is 1. The summed E-state index contributed by atoms with van der Waals surface area (Å²) in [5, 5.41) is 9.37. The predicted molar refractivity (Wildman–Crippen MR) is 98.5 cm³/mol. The maximum absolute atomic E-state index is 13.1. The van der Waals surface area contributed by atoms with E-state index in [4.69, 9.17) is 5.73 Å². The fourth-order valence-corrected chi connectivity index (χ4v) is 5.65. The van der Waals surface area contributed by atoms with Gasteiger partial charge in [-0.1, -0.05) is 0 Å². The first-order valence-electron chi connectivity index (χ1n) is 10.1. The highest BCUT2D eigenvalue weighted by molar-refractivity contribution is 5.92. The van der Waals surface area contributed by atoms with Crippen LogP contribution in [0.5, 0.6) is 0 Å². The molecule has 146 valence electrons. The highest BCUT2D eigenvalue weighted by Gasteiger charge is 2.56. The lowest BCUT2D eigenvalue weighted by Gasteiger charge is -2.41. The molecule has 2 N–H and O–H groups in total. The molecular formula is C20H24N6O2. The third-order valence-electron chi connectivity index (χ3n) is 7.09. The Bertz CT molecular complexity index is 825. The summed E-state index contributed by atoms with van der Waals surface area (Å²) < 4.78 is 0. The van der Waals surface area contributed by atoms with Crippen molar-refractivity contribution < 1.29 is 9.59 Å². The van der Waals surface area contributed by atoms with Crippen LogP contribution in [0.15, 0.2) is 18.6 Å². The van der Waals surface area contributed by atoms with Crippen molar-refractivity contribution in [3.63, 3.8) is 0 Å². The minimum Gasteiger partial charge on any atom is -0.331 e. The van der Waals surface area contributed by atoms with Gasteiger partial charge in [-0.15, -0.1) is 0 Å². The fraction of sp³-hybridized carbons (Fsp3) is 0.650. The maximum atomic E-state index is 13.1. The molecule has 0 radical (unpaired) electrons. The number of carbonyl (C=O) groups excluding carboxylic acids is 2. The van der Waals surface area contributed by atoms with Crippen LogP contribution in [-0.4, -0.2) is 61.8 Å². The Balaban J connectivity index is 1.29. The Labute approximate surface area is 163 Å². The second-order valence-corrected chi connectivity index (χ2v) is 8.63. The molecule has 3 saturated heterocycles. The Morgan fingerprint density at radius 3 is 2.54 bits per heavy atom. The molecule has 2 amide bonds. The van der Waals surface area contributed by atoms with Crippen LogP contribution in [-0.2, 0) is 4.79 Å². The van der Waals surface area contributed by atoms with Crippen LogP contribution in [0.25, 0.3) is 0 Å². The molecule has 1 saturated carbocycles. The third-order valence-corrected chi connectivity index (χ3v) is 7.09. The van der Waals surface area contributed by atoms with Crippen molar-refractivity contribution in [2.24, 2.45) is 17.6 Å². The Morgan fingerprint density at radius 2 is 1.89 bits per heavy atom. The standard InChI is InChI=1S/C20H24N6O2/c21-9-15-5-11-8-17(11)26(15)20(28)18(22)12-6-13-1-2-14(7-12)25(13)19(27)16-10-23-3-4-24-16/h3-4,10-15,17-18H,1-2,5-8,22H2. The van der Waals surface area contributed by atoms with E-state index in [-0.39, 0.29) is 41.9 Å². The van der Waals surface area contributed by atoms with Gasteiger partial charge in [0.2, 0.25) is 5.91 Å². The molecule has 1 aromatic rings. The van der Waals surface area contributed by atoms with E-state index in [1.807, 2.05) is 4.90 Å². The molecule has 0 aromatic carbocycles. The van der Waals surface area contributed by atoms with E-state index in [2.05, 4.69) is 16.0 Å². The second kappa shape index (κ2) is 6.52. The molecule has 0 spiro atoms. The Hall–Kier alpha value is -2.53. The van der Waals surface area contributed by atoms with Crippen molar-refractivity contribution in [2.75, 3.05) is 0 Å². The van der Waals surface area contributed by atoms with Gasteiger partial charge in [0.1, 0.15) is 11.7 Å². The lowest BCUT2D eigenvalue weighted by atomic mass is 9.84. The predicted octanol–water partition coefficient (Wildman–Crippen LogP) is 0.700. The monoisotopic (exact) mass is 380 g/mol. The molecule has 4 heterocycles. The average Bonchev–Trinajstić information content (AvgIpc) is 3.32. The number of nitrogens with zero attached hydrogens (tertiary/aromatic N) is 5. The summed E-state index contributed by atoms with van der Waals surface area (Å²) in [6, 6.07) is 1.76. The fourth-order valence-electron chi connectivity index (χ4n) is 5.65. The van der Waals surface area contributed by atoms with Crippen LogP contribution in [0.4, 0.5) is 0 Å². The number of hydrogen-bond donors (Lipinski definition) is 1. The minimum absolute atomic E-state index is 0.0491. The number of hydrogen-bond acceptors (Lipinski definition) is 6. The van der Waals surface area contributed by atoms with Crippen molar-refractivity contribution >= 4 is 11.8 Å². The molecule has 6 unspecified atom stereocenters. The summed E-state index contributed by atoms with van der Waals surface area (Å²) in [4.78, 5) is 37.8. The lowest BCUT2D eigenvalue weighted by Crippen LogP contribution is -2.55. The lowest BCUT2D eigenvalue weighted by molar-refractivity contribution is -0.135. The largest absolute Gasteiger partial charge is 0.331 e. The van der Waals surface area contributed by atoms with E-state index in [9.17, 15) is 14.9 Å². The summed E-state index contributed by atoms with van der Waals surface area (Å²) in [6.45, 7) is 0. The quantitative estimate of drug-likeness (QED) is 0.825. The van der Waals surface area contributed by atoms with Gasteiger partial charge in [-0.3, -0.25) is 14.6 Å². The molecule has 5 rings (SSSR count). The average molecular weight is 380 g/mol. The van der Waals surface area contributed by atoms with Gasteiger partial charge in [0, 0.05) is 30.5 Å². The molecule has 28 heavy (non-hydrogen) atoms. The summed E-state index contributed by atoms with van der Waals surface area (Å²) in [5.41, 5.74) is 6.80. The zero-order chi connectivity index (χ0) is 19.4. The topological polar surface area (TPSA) is 116 Å². The Kier molecular flexibility index (Phi) is 4.09. The molecule has 8 heteroatoms. The van der Waals surface area contributed by atoms with Crippen molar-refractivity contribution in [3.05, 3.63) is 24.3 Å². The second-order valence-electron chi connectivity index (χ2n) is 8.63. The van der Waals surface area contributed by atoms with Crippen LogP contribution >= 0.6 is 0 Å². The number of nitrogens with two attached hydrogens (primary N) is 1. The highest BCUT2D eigenvalue weighted by Crippen LogP contribution is 2.48. The van der Waals surface area contributed by atoms with E-state index in [1.54, 1.807) is 11.1 Å². The number of carbonyl (C=O) groups is 2. The van der Waals surface area contributed by atoms with Crippen LogP contribution in [0.1, 0.15) is 49.0 Å². The van der Waals surface area contributed by atoms with Crippen LogP contribution < -0.4 is 5.73 Å². The minimum atomic E-state index is -0.591. The highest BCUT2D eigenvalue weighted by atomic mass is 16.2. The number of rotatable bonds is 3. The number of fused-ring (bicyclic) bond motifs is 3. The number of amides is 2. The molecule has 8 nitrogen and oxygen atoms in total. The molecule has 2 bridgehead atoms. The Morgan fingerprint density at radius 1 is 1.14 bits per heavy atom. The van der Waals surface area contributed by atoms with Crippen LogP contribution in [0.3, 0.4) is 0 Å². The molecule has 4 fully saturated rings. The molecule has 1 aliphatic carbocycles. The molecule has 1 aromatic heterocycles. The molecule has 4 aliphatic rings. The van der Waals surface area contributed by atoms with Crippen molar-refractivity contribution in [2.45, 2.75) is 68.7 Å². The molecule has 3 aliphatic heterocycles. The van der Waals surface area contributed by atoms with Gasteiger partial charge in [0.25, 0.3) is 5.91 Å². The smallest absolute Gasteiger partial charge is 0.274 e. The first-order chi connectivity index (χ1) is 13.6. The van der Waals surface area contributed by atoms with Gasteiger partial charge >= 0.3 is 0 Å². The van der Waals surface area contributed by atoms with Gasteiger partial charge in [-0.05, 0) is 50.4 Å². The third kappa shape index (κ3) is 2.68. The van der Waals surface area contributed by atoms with E-state index >= 15 is 0 Å². The van der Waals surface area contributed by atoms with Gasteiger partial charge in [0.05, 0.1) is 18.3 Å². The van der Waals surface area contributed by atoms with E-state index in [1.165, 1.54) is 12.4 Å². The van der Waals surface area contributed by atoms with Crippen molar-refractivity contribution in [1.82, 2.24) is 19.8 Å². The van der Waals surface area contributed by atoms with E-state index in [0.29, 0.717) is 11.6 Å². The number of aromatic nitrogens is 2. The first kappa shape index (κ1) is 17.6. The molecule has 6 atom stereocenters. The van der Waals surface area contributed by atoms with Crippen molar-refractivity contribution in [1.29, 1.82) is 5.26 Å². The van der Waals surface area contributed by atoms with Gasteiger partial charge in [0.15, 0.2) is 0 Å². The molecular weight excluding hydrogens is 356 g/mol. The van der Waals surface area contributed by atoms with Gasteiger partial charge in [-0.2, -0.15) is 5.26 Å². The first-order valence-corrected chi connectivity index (χ1v) is 10.1. The van der Waals surface area contributed by atoms with Crippen molar-refractivity contribution in [3.8, 4) is 6.07 Å². The van der Waals surface area contributed by atoms with Gasteiger partial charge in [-0.25, -0.2) is 4.98 Å². The zero-order valence-electron chi connectivity index (χ0n) is 15.6. The van der Waals surface area contributed by atoms with Gasteiger partial charge < -0.3 is 15.5 Å². The summed E-state index contributed by atoms with van der Waals surface area (Å²) in [6.07, 6.45) is 9.71. The number of likely N-dealkylation sites (tertiary alicyclic amines) is 1. The SMILES string of the molecule is N#CC1CC2CC2N1C(=O)C(N)C1CC2CCC(C1)N2C(=O)c1cnccn1. The van der Waals surface area contributed by atoms with Crippen LogP contribution in [0.2, 0.25) is 0 Å². The number of piperidine rings is 2. The van der Waals surface area contributed by atoms with E-state index < -0.39 is 6.04 Å². The normalized spacial score (nSPS) is 36.6. The zero-order valence-corrected chi connectivity index (χ0v) is 15.6. The summed E-state index contributed by atoms with van der Waals surface area (Å²) in [5.74, 6) is 0.384. The summed E-state index contributed by atoms with van der Waals surface area (Å²) >= 11 is 0. The van der Waals surface area contributed by atoms with E-state index in [0.717, 1.165) is 38.5 Å². The van der Waals surface area contributed by atoms with Crippen LogP contribution in [0, 0.1) is 23.2 Å². The maximum Gasteiger partial charge on any atom is 0.274 e. The summed E-state index contributed by atoms with van der Waals surface area (Å²) in [7, 11) is 0.